The third-order valence-corrected chi connectivity index (χ3v) is 7.05. The lowest BCUT2D eigenvalue weighted by Gasteiger charge is -2.24. The van der Waals surface area contributed by atoms with Gasteiger partial charge in [-0.05, 0) is 37.5 Å². The van der Waals surface area contributed by atoms with Crippen LogP contribution in [-0.4, -0.2) is 33.4 Å². The molecule has 5 nitrogen and oxygen atoms in total. The zero-order valence-electron chi connectivity index (χ0n) is 17.5. The van der Waals surface area contributed by atoms with E-state index in [4.69, 9.17) is 9.47 Å². The van der Waals surface area contributed by atoms with Crippen LogP contribution in [0.5, 0.6) is 11.5 Å². The molecule has 0 aromatic heterocycles. The van der Waals surface area contributed by atoms with Gasteiger partial charge in [0.25, 0.3) is 0 Å². The van der Waals surface area contributed by atoms with Crippen molar-refractivity contribution in [1.82, 2.24) is 5.32 Å². The number of fused-ring (bicyclic) bond motifs is 1. The van der Waals surface area contributed by atoms with Gasteiger partial charge >= 0.3 is 0 Å². The van der Waals surface area contributed by atoms with E-state index in [1.807, 2.05) is 50.2 Å². The first kappa shape index (κ1) is 21.7. The van der Waals surface area contributed by atoms with Crippen LogP contribution in [0.4, 0.5) is 0 Å². The quantitative estimate of drug-likeness (QED) is 0.685. The van der Waals surface area contributed by atoms with Crippen LogP contribution in [0.1, 0.15) is 57.2 Å². The van der Waals surface area contributed by atoms with Gasteiger partial charge in [-0.2, -0.15) is 0 Å². The van der Waals surface area contributed by atoms with Crippen LogP contribution in [0.2, 0.25) is 0 Å². The Morgan fingerprint density at radius 2 is 1.66 bits per heavy atom. The van der Waals surface area contributed by atoms with Crippen LogP contribution in [-0.2, 0) is 9.84 Å². The molecule has 158 valence electrons. The lowest BCUT2D eigenvalue weighted by Crippen LogP contribution is -2.35. The largest absolute Gasteiger partial charge is 0.490 e. The molecule has 2 aromatic rings. The molecule has 1 aliphatic heterocycles. The van der Waals surface area contributed by atoms with Gasteiger partial charge in [-0.1, -0.05) is 50.1 Å². The molecule has 0 radical (unpaired) electrons. The molecule has 1 N–H and O–H groups in total. The van der Waals surface area contributed by atoms with E-state index >= 15 is 0 Å². The van der Waals surface area contributed by atoms with Gasteiger partial charge in [0.15, 0.2) is 21.3 Å². The molecular weight excluding hydrogens is 386 g/mol. The second-order valence-corrected chi connectivity index (χ2v) is 9.34. The van der Waals surface area contributed by atoms with Crippen molar-refractivity contribution in [1.29, 1.82) is 0 Å². The number of rotatable bonds is 8. The standard InChI is InChI=1S/C23H31NO4S/c1-4-7-13-18-16-29(25,26)22-15-21(28-6-3)20(27-5-2)14-19(22)23(24-18)17-11-9-8-10-12-17/h8-12,14-15,18,23-24H,4-7,13,16H2,1-3H3/t18?,23-/m1/s1. The SMILES string of the molecule is CCCCC1CS(=O)(=O)c2cc(OCC)c(OCC)cc2[C@@H](c2ccccc2)N1. The van der Waals surface area contributed by atoms with Crippen molar-refractivity contribution in [2.45, 2.75) is 57.0 Å². The fourth-order valence-electron chi connectivity index (χ4n) is 3.86. The Morgan fingerprint density at radius 3 is 2.28 bits per heavy atom. The van der Waals surface area contributed by atoms with E-state index in [0.29, 0.717) is 29.6 Å². The molecule has 0 saturated carbocycles. The Morgan fingerprint density at radius 1 is 1.00 bits per heavy atom. The Kier molecular flexibility index (Phi) is 7.19. The predicted molar refractivity (Wildman–Crippen MR) is 116 cm³/mol. The highest BCUT2D eigenvalue weighted by Crippen LogP contribution is 2.40. The van der Waals surface area contributed by atoms with Crippen molar-refractivity contribution >= 4 is 9.84 Å². The molecule has 0 aliphatic carbocycles. The van der Waals surface area contributed by atoms with E-state index in [1.54, 1.807) is 6.07 Å². The van der Waals surface area contributed by atoms with E-state index in [0.717, 1.165) is 30.4 Å². The average molecular weight is 418 g/mol. The Bertz CT molecular complexity index is 912. The third-order valence-electron chi connectivity index (χ3n) is 5.18. The predicted octanol–water partition coefficient (Wildman–Crippen LogP) is 4.51. The zero-order valence-corrected chi connectivity index (χ0v) is 18.3. The summed E-state index contributed by atoms with van der Waals surface area (Å²) in [6, 6.07) is 13.2. The monoisotopic (exact) mass is 417 g/mol. The van der Waals surface area contributed by atoms with Gasteiger partial charge in [0.1, 0.15) is 0 Å². The number of ether oxygens (including phenoxy) is 2. The lowest BCUT2D eigenvalue weighted by molar-refractivity contribution is 0.286. The van der Waals surface area contributed by atoms with Gasteiger partial charge < -0.3 is 14.8 Å². The second kappa shape index (κ2) is 9.63. The van der Waals surface area contributed by atoms with Crippen molar-refractivity contribution in [3.8, 4) is 11.5 Å². The molecule has 1 heterocycles. The van der Waals surface area contributed by atoms with Crippen molar-refractivity contribution in [3.05, 3.63) is 53.6 Å². The minimum absolute atomic E-state index is 0.0862. The molecule has 0 bridgehead atoms. The molecule has 3 rings (SSSR count). The molecule has 0 saturated heterocycles. The highest BCUT2D eigenvalue weighted by molar-refractivity contribution is 7.91. The molecule has 29 heavy (non-hydrogen) atoms. The first-order valence-corrected chi connectivity index (χ1v) is 12.1. The van der Waals surface area contributed by atoms with Crippen molar-refractivity contribution in [2.24, 2.45) is 0 Å². The first-order valence-electron chi connectivity index (χ1n) is 10.5. The molecule has 6 heteroatoms. The Labute approximate surface area is 174 Å². The summed E-state index contributed by atoms with van der Waals surface area (Å²) in [4.78, 5) is 0.338. The molecular formula is C23H31NO4S. The average Bonchev–Trinajstić information content (AvgIpc) is 2.82. The van der Waals surface area contributed by atoms with Crippen LogP contribution in [0.3, 0.4) is 0 Å². The van der Waals surface area contributed by atoms with Crippen molar-refractivity contribution in [2.75, 3.05) is 19.0 Å². The number of hydrogen-bond donors (Lipinski definition) is 1. The molecule has 2 atom stereocenters. The summed E-state index contributed by atoms with van der Waals surface area (Å²) in [5.41, 5.74) is 1.76. The first-order chi connectivity index (χ1) is 14.0. The van der Waals surface area contributed by atoms with Gasteiger partial charge in [0.05, 0.1) is 29.9 Å². The minimum atomic E-state index is -3.47. The maximum Gasteiger partial charge on any atom is 0.180 e. The van der Waals surface area contributed by atoms with Gasteiger partial charge in [0.2, 0.25) is 0 Å². The summed E-state index contributed by atoms with van der Waals surface area (Å²) in [6.07, 6.45) is 2.84. The van der Waals surface area contributed by atoms with Crippen LogP contribution in [0.25, 0.3) is 0 Å². The molecule has 0 spiro atoms. The van der Waals surface area contributed by atoms with Crippen molar-refractivity contribution < 1.29 is 17.9 Å². The molecule has 1 aliphatic rings. The summed E-state index contributed by atoms with van der Waals surface area (Å²) in [5.74, 6) is 1.15. The van der Waals surface area contributed by atoms with Gasteiger partial charge in [0, 0.05) is 12.1 Å². The van der Waals surface area contributed by atoms with Gasteiger partial charge in [-0.3, -0.25) is 0 Å². The fraction of sp³-hybridized carbons (Fsp3) is 0.478. The van der Waals surface area contributed by atoms with Gasteiger partial charge in [-0.15, -0.1) is 0 Å². The fourth-order valence-corrected chi connectivity index (χ4v) is 5.65. The third kappa shape index (κ3) is 4.93. The van der Waals surface area contributed by atoms with E-state index in [-0.39, 0.29) is 17.8 Å². The topological polar surface area (TPSA) is 64.6 Å². The van der Waals surface area contributed by atoms with E-state index in [2.05, 4.69) is 12.2 Å². The van der Waals surface area contributed by atoms with Gasteiger partial charge in [-0.25, -0.2) is 8.42 Å². The van der Waals surface area contributed by atoms with E-state index in [1.165, 1.54) is 0 Å². The second-order valence-electron chi connectivity index (χ2n) is 7.33. The molecule has 2 aromatic carbocycles. The summed E-state index contributed by atoms with van der Waals surface area (Å²) >= 11 is 0. The lowest BCUT2D eigenvalue weighted by atomic mass is 9.96. The highest BCUT2D eigenvalue weighted by atomic mass is 32.2. The number of nitrogens with one attached hydrogen (secondary N) is 1. The molecule has 0 amide bonds. The number of hydrogen-bond acceptors (Lipinski definition) is 5. The normalized spacial score (nSPS) is 20.5. The Hall–Kier alpha value is -2.05. The van der Waals surface area contributed by atoms with Crippen molar-refractivity contribution in [3.63, 3.8) is 0 Å². The van der Waals surface area contributed by atoms with Crippen LogP contribution < -0.4 is 14.8 Å². The van der Waals surface area contributed by atoms with Crippen LogP contribution in [0.15, 0.2) is 47.4 Å². The summed E-state index contributed by atoms with van der Waals surface area (Å²) in [7, 11) is -3.47. The summed E-state index contributed by atoms with van der Waals surface area (Å²) in [5, 5.41) is 3.62. The highest BCUT2D eigenvalue weighted by Gasteiger charge is 2.34. The minimum Gasteiger partial charge on any atom is -0.490 e. The van der Waals surface area contributed by atoms with Crippen LogP contribution in [0, 0.1) is 0 Å². The summed E-state index contributed by atoms with van der Waals surface area (Å²) < 4.78 is 38.2. The van der Waals surface area contributed by atoms with Crippen LogP contribution >= 0.6 is 0 Å². The molecule has 0 fully saturated rings. The maximum absolute atomic E-state index is 13.3. The molecule has 1 unspecified atom stereocenters. The Balaban J connectivity index is 2.18. The summed E-state index contributed by atoms with van der Waals surface area (Å²) in [6.45, 7) is 6.83. The zero-order chi connectivity index (χ0) is 20.9. The van der Waals surface area contributed by atoms with E-state index in [9.17, 15) is 8.42 Å². The smallest absolute Gasteiger partial charge is 0.180 e. The number of unbranched alkanes of at least 4 members (excludes halogenated alkanes) is 1. The number of benzene rings is 2. The van der Waals surface area contributed by atoms with E-state index < -0.39 is 9.84 Å². The maximum atomic E-state index is 13.3. The number of sulfone groups is 1.